The maximum atomic E-state index is 13.8. The van der Waals surface area contributed by atoms with Crippen molar-refractivity contribution >= 4 is 38.6 Å². The molecule has 2 nitrogen and oxygen atoms in total. The van der Waals surface area contributed by atoms with Crippen LogP contribution >= 0.6 is 27.5 Å². The van der Waals surface area contributed by atoms with E-state index in [1.54, 1.807) is 12.1 Å². The first-order chi connectivity index (χ1) is 9.08. The smallest absolute Gasteiger partial charge is 0.139 e. The molecule has 0 spiro atoms. The Balaban J connectivity index is 2.61. The molecule has 0 aliphatic rings. The molecule has 104 valence electrons. The molecule has 1 atom stereocenters. The number of hydrogen-bond donors (Lipinski definition) is 0. The van der Waals surface area contributed by atoms with Gasteiger partial charge in [0.1, 0.15) is 11.6 Å². The summed E-state index contributed by atoms with van der Waals surface area (Å²) in [6.07, 6.45) is 2.82. The quantitative estimate of drug-likeness (QED) is 0.690. The van der Waals surface area contributed by atoms with E-state index in [1.165, 1.54) is 0 Å². The minimum Gasteiger partial charge on any atom is -0.325 e. The first kappa shape index (κ1) is 14.8. The van der Waals surface area contributed by atoms with Crippen molar-refractivity contribution in [3.05, 3.63) is 28.2 Å². The van der Waals surface area contributed by atoms with E-state index >= 15 is 0 Å². The number of alkyl halides is 1. The average molecular weight is 348 g/mol. The summed E-state index contributed by atoms with van der Waals surface area (Å²) < 4.78 is 16.3. The average Bonchev–Trinajstić information content (AvgIpc) is 2.68. The lowest BCUT2D eigenvalue weighted by atomic mass is 10.2. The molecule has 0 saturated heterocycles. The number of fused-ring (bicyclic) bond motifs is 1. The van der Waals surface area contributed by atoms with Crippen molar-refractivity contribution in [2.75, 3.05) is 5.88 Å². The SMILES string of the molecule is CCCC(C)n1c(CCCl)nc2cc(Br)c(F)cc21. The van der Waals surface area contributed by atoms with Gasteiger partial charge in [0.05, 0.1) is 15.5 Å². The van der Waals surface area contributed by atoms with Crippen LogP contribution in [0.1, 0.15) is 38.6 Å². The molecule has 2 rings (SSSR count). The second-order valence-corrected chi connectivity index (χ2v) is 5.96. The molecule has 1 heterocycles. The third kappa shape index (κ3) is 2.95. The Bertz CT molecular complexity index is 582. The highest BCUT2D eigenvalue weighted by Crippen LogP contribution is 2.28. The summed E-state index contributed by atoms with van der Waals surface area (Å²) in [5, 5.41) is 0. The van der Waals surface area contributed by atoms with Gasteiger partial charge < -0.3 is 4.57 Å². The van der Waals surface area contributed by atoms with Crippen molar-refractivity contribution in [2.45, 2.75) is 39.2 Å². The van der Waals surface area contributed by atoms with Gasteiger partial charge in [-0.25, -0.2) is 9.37 Å². The van der Waals surface area contributed by atoms with Gasteiger partial charge in [-0.1, -0.05) is 13.3 Å². The van der Waals surface area contributed by atoms with E-state index in [0.29, 0.717) is 22.8 Å². The highest BCUT2D eigenvalue weighted by Gasteiger charge is 2.16. The molecule has 0 saturated carbocycles. The van der Waals surface area contributed by atoms with Crippen LogP contribution < -0.4 is 0 Å². The van der Waals surface area contributed by atoms with Crippen LogP contribution in [0, 0.1) is 5.82 Å². The predicted molar refractivity (Wildman–Crippen MR) is 81.4 cm³/mol. The van der Waals surface area contributed by atoms with E-state index in [1.807, 2.05) is 0 Å². The van der Waals surface area contributed by atoms with Crippen molar-refractivity contribution in [3.8, 4) is 0 Å². The van der Waals surface area contributed by atoms with Gasteiger partial charge in [-0.15, -0.1) is 11.6 Å². The monoisotopic (exact) mass is 346 g/mol. The normalized spacial score (nSPS) is 13.1. The molecule has 0 amide bonds. The van der Waals surface area contributed by atoms with Crippen LogP contribution in [-0.4, -0.2) is 15.4 Å². The Morgan fingerprint density at radius 2 is 2.21 bits per heavy atom. The molecular formula is C14H17BrClFN2. The Labute approximate surface area is 126 Å². The van der Waals surface area contributed by atoms with Crippen molar-refractivity contribution in [3.63, 3.8) is 0 Å². The lowest BCUT2D eigenvalue weighted by Crippen LogP contribution is -2.10. The van der Waals surface area contributed by atoms with Gasteiger partial charge in [0.15, 0.2) is 0 Å². The van der Waals surface area contributed by atoms with Gasteiger partial charge in [0, 0.05) is 24.4 Å². The summed E-state index contributed by atoms with van der Waals surface area (Å²) in [4.78, 5) is 4.59. The van der Waals surface area contributed by atoms with E-state index in [0.717, 1.165) is 29.7 Å². The fourth-order valence-corrected chi connectivity index (χ4v) is 2.94. The van der Waals surface area contributed by atoms with Crippen molar-refractivity contribution < 1.29 is 4.39 Å². The zero-order valence-corrected chi connectivity index (χ0v) is 13.4. The molecule has 1 aromatic carbocycles. The van der Waals surface area contributed by atoms with Crippen LogP contribution in [0.2, 0.25) is 0 Å². The minimum atomic E-state index is -0.255. The number of hydrogen-bond acceptors (Lipinski definition) is 1. The maximum Gasteiger partial charge on any atom is 0.139 e. The lowest BCUT2D eigenvalue weighted by Gasteiger charge is -2.16. The van der Waals surface area contributed by atoms with Gasteiger partial charge in [-0.05, 0) is 35.3 Å². The minimum absolute atomic E-state index is 0.255. The summed E-state index contributed by atoms with van der Waals surface area (Å²) in [6.45, 7) is 4.29. The van der Waals surface area contributed by atoms with Gasteiger partial charge in [0.25, 0.3) is 0 Å². The van der Waals surface area contributed by atoms with Crippen LogP contribution in [0.3, 0.4) is 0 Å². The molecule has 1 unspecified atom stereocenters. The number of aromatic nitrogens is 2. The second-order valence-electron chi connectivity index (χ2n) is 4.73. The van der Waals surface area contributed by atoms with E-state index < -0.39 is 0 Å². The number of aryl methyl sites for hydroxylation is 1. The highest BCUT2D eigenvalue weighted by molar-refractivity contribution is 9.10. The van der Waals surface area contributed by atoms with Gasteiger partial charge in [-0.3, -0.25) is 0 Å². The predicted octanol–water partition coefficient (Wildman–Crippen LogP) is 5.08. The van der Waals surface area contributed by atoms with Crippen LogP contribution in [0.15, 0.2) is 16.6 Å². The lowest BCUT2D eigenvalue weighted by molar-refractivity contribution is 0.495. The fourth-order valence-electron chi connectivity index (χ4n) is 2.44. The van der Waals surface area contributed by atoms with Crippen LogP contribution in [0.25, 0.3) is 11.0 Å². The first-order valence-electron chi connectivity index (χ1n) is 6.50. The van der Waals surface area contributed by atoms with E-state index in [-0.39, 0.29) is 5.82 Å². The molecule has 0 fully saturated rings. The van der Waals surface area contributed by atoms with Gasteiger partial charge in [0.2, 0.25) is 0 Å². The van der Waals surface area contributed by atoms with E-state index in [9.17, 15) is 4.39 Å². The third-order valence-corrected chi connectivity index (χ3v) is 4.07. The van der Waals surface area contributed by atoms with Crippen molar-refractivity contribution in [1.82, 2.24) is 9.55 Å². The topological polar surface area (TPSA) is 17.8 Å². The number of benzene rings is 1. The fraction of sp³-hybridized carbons (Fsp3) is 0.500. The molecule has 1 aromatic heterocycles. The highest BCUT2D eigenvalue weighted by atomic mass is 79.9. The molecule has 0 N–H and O–H groups in total. The molecule has 0 aliphatic carbocycles. The number of rotatable bonds is 5. The van der Waals surface area contributed by atoms with Crippen molar-refractivity contribution in [2.24, 2.45) is 0 Å². The third-order valence-electron chi connectivity index (χ3n) is 3.27. The van der Waals surface area contributed by atoms with E-state index in [2.05, 4.69) is 39.3 Å². The van der Waals surface area contributed by atoms with Crippen LogP contribution in [0.4, 0.5) is 4.39 Å². The van der Waals surface area contributed by atoms with E-state index in [4.69, 9.17) is 11.6 Å². The summed E-state index contributed by atoms with van der Waals surface area (Å²) in [7, 11) is 0. The molecule has 0 bridgehead atoms. The molecule has 2 aromatic rings. The summed E-state index contributed by atoms with van der Waals surface area (Å²) in [5.74, 6) is 1.20. The largest absolute Gasteiger partial charge is 0.325 e. The second kappa shape index (κ2) is 6.23. The van der Waals surface area contributed by atoms with Crippen LogP contribution in [-0.2, 0) is 6.42 Å². The Hall–Kier alpha value is -0.610. The zero-order valence-electron chi connectivity index (χ0n) is 11.1. The molecule has 0 radical (unpaired) electrons. The molecule has 5 heteroatoms. The zero-order chi connectivity index (χ0) is 14.0. The van der Waals surface area contributed by atoms with Crippen molar-refractivity contribution in [1.29, 1.82) is 0 Å². The van der Waals surface area contributed by atoms with Gasteiger partial charge in [-0.2, -0.15) is 0 Å². The van der Waals surface area contributed by atoms with Gasteiger partial charge >= 0.3 is 0 Å². The summed E-state index contributed by atoms with van der Waals surface area (Å²) >= 11 is 9.05. The summed E-state index contributed by atoms with van der Waals surface area (Å²) in [6, 6.07) is 3.59. The molecular weight excluding hydrogens is 331 g/mol. The number of nitrogens with zero attached hydrogens (tertiary/aromatic N) is 2. The maximum absolute atomic E-state index is 13.8. The number of halogens is 3. The summed E-state index contributed by atoms with van der Waals surface area (Å²) in [5.41, 5.74) is 1.66. The standard InChI is InChI=1S/C14H17BrClFN2/c1-3-4-9(2)19-13-8-11(17)10(15)7-12(13)18-14(19)5-6-16/h7-9H,3-6H2,1-2H3. The Kier molecular flexibility index (Phi) is 4.85. The van der Waals surface area contributed by atoms with Crippen LogP contribution in [0.5, 0.6) is 0 Å². The molecule has 0 aliphatic heterocycles. The first-order valence-corrected chi connectivity index (χ1v) is 7.83. The Morgan fingerprint density at radius 1 is 1.47 bits per heavy atom. The Morgan fingerprint density at radius 3 is 2.84 bits per heavy atom. The molecule has 19 heavy (non-hydrogen) atoms. The number of imidazole rings is 1.